The van der Waals surface area contributed by atoms with Gasteiger partial charge in [-0.25, -0.2) is 13.2 Å². The Hall–Kier alpha value is -2.52. The average Bonchev–Trinajstić information content (AvgIpc) is 2.53. The van der Waals surface area contributed by atoms with Crippen molar-refractivity contribution in [3.8, 4) is 0 Å². The molecular formula is C16H11ClF3NO4S. The lowest BCUT2D eigenvalue weighted by molar-refractivity contribution is -0.137. The number of carboxylic acids is 1. The second-order valence-electron chi connectivity index (χ2n) is 5.10. The van der Waals surface area contributed by atoms with E-state index in [4.69, 9.17) is 16.7 Å². The van der Waals surface area contributed by atoms with Crippen LogP contribution < -0.4 is 4.72 Å². The molecule has 0 radical (unpaired) electrons. The monoisotopic (exact) mass is 405 g/mol. The van der Waals surface area contributed by atoms with Gasteiger partial charge >= 0.3 is 12.1 Å². The van der Waals surface area contributed by atoms with Gasteiger partial charge in [0, 0.05) is 5.02 Å². The van der Waals surface area contributed by atoms with E-state index in [1.54, 1.807) is 12.1 Å². The number of halogens is 4. The highest BCUT2D eigenvalue weighted by molar-refractivity contribution is 7.95. The van der Waals surface area contributed by atoms with Crippen LogP contribution in [0.4, 0.5) is 18.9 Å². The van der Waals surface area contributed by atoms with Gasteiger partial charge in [-0.3, -0.25) is 4.72 Å². The summed E-state index contributed by atoms with van der Waals surface area (Å²) in [6.45, 7) is 0. The topological polar surface area (TPSA) is 83.5 Å². The highest BCUT2D eigenvalue weighted by atomic mass is 35.5. The maximum Gasteiger partial charge on any atom is 0.416 e. The summed E-state index contributed by atoms with van der Waals surface area (Å²) in [6, 6.07) is 7.89. The summed E-state index contributed by atoms with van der Waals surface area (Å²) in [6.07, 6.45) is -3.62. The molecule has 26 heavy (non-hydrogen) atoms. The molecule has 0 atom stereocenters. The molecule has 0 aliphatic heterocycles. The van der Waals surface area contributed by atoms with Gasteiger partial charge in [-0.2, -0.15) is 13.2 Å². The summed E-state index contributed by atoms with van der Waals surface area (Å²) >= 11 is 5.71. The molecule has 10 heteroatoms. The number of nitrogens with one attached hydrogen (secondary N) is 1. The fraction of sp³-hybridized carbons (Fsp3) is 0.0625. The van der Waals surface area contributed by atoms with Crippen LogP contribution in [0.2, 0.25) is 5.02 Å². The van der Waals surface area contributed by atoms with Crippen molar-refractivity contribution in [1.29, 1.82) is 0 Å². The number of alkyl halides is 3. The van der Waals surface area contributed by atoms with Gasteiger partial charge in [0.1, 0.15) is 0 Å². The Labute approximate surface area is 151 Å². The number of carbonyl (C=O) groups is 1. The molecule has 2 aromatic rings. The highest BCUT2D eigenvalue weighted by Crippen LogP contribution is 2.32. The SMILES string of the molecule is O=C(O)c1cc(NS(=O)(=O)C=Cc2ccc(Cl)cc2)cc(C(F)(F)F)c1. The lowest BCUT2D eigenvalue weighted by Crippen LogP contribution is -2.13. The van der Waals surface area contributed by atoms with Gasteiger partial charge in [0.15, 0.2) is 0 Å². The molecule has 0 aromatic heterocycles. The van der Waals surface area contributed by atoms with Gasteiger partial charge in [-0.15, -0.1) is 0 Å². The van der Waals surface area contributed by atoms with Gasteiger partial charge in [0.2, 0.25) is 0 Å². The van der Waals surface area contributed by atoms with E-state index in [1.807, 2.05) is 4.72 Å². The summed E-state index contributed by atoms with van der Waals surface area (Å²) in [5.74, 6) is -1.62. The molecule has 2 N–H and O–H groups in total. The van der Waals surface area contributed by atoms with Crippen molar-refractivity contribution in [2.75, 3.05) is 4.72 Å². The quantitative estimate of drug-likeness (QED) is 0.768. The van der Waals surface area contributed by atoms with Crippen molar-refractivity contribution in [2.45, 2.75) is 6.18 Å². The second-order valence-corrected chi connectivity index (χ2v) is 7.11. The van der Waals surface area contributed by atoms with E-state index in [1.165, 1.54) is 18.2 Å². The molecule has 138 valence electrons. The first-order valence-corrected chi connectivity index (χ1v) is 8.81. The Morgan fingerprint density at radius 1 is 1.12 bits per heavy atom. The summed E-state index contributed by atoms with van der Waals surface area (Å²) < 4.78 is 64.5. The molecule has 0 aliphatic rings. The average molecular weight is 406 g/mol. The summed E-state index contributed by atoms with van der Waals surface area (Å²) in [4.78, 5) is 11.0. The number of anilines is 1. The zero-order valence-electron chi connectivity index (χ0n) is 12.8. The first-order valence-electron chi connectivity index (χ1n) is 6.88. The molecule has 0 saturated heterocycles. The van der Waals surface area contributed by atoms with E-state index in [-0.39, 0.29) is 0 Å². The van der Waals surface area contributed by atoms with Gasteiger partial charge in [-0.1, -0.05) is 23.7 Å². The van der Waals surface area contributed by atoms with E-state index < -0.39 is 39.0 Å². The molecule has 0 aliphatic carbocycles. The zero-order chi connectivity index (χ0) is 19.5. The van der Waals surface area contributed by atoms with Gasteiger partial charge in [0.25, 0.3) is 10.0 Å². The van der Waals surface area contributed by atoms with Gasteiger partial charge in [0.05, 0.1) is 22.2 Å². The van der Waals surface area contributed by atoms with Crippen LogP contribution in [0.5, 0.6) is 0 Å². The summed E-state index contributed by atoms with van der Waals surface area (Å²) in [7, 11) is -4.17. The molecule has 0 saturated carbocycles. The predicted molar refractivity (Wildman–Crippen MR) is 91.4 cm³/mol. The van der Waals surface area contributed by atoms with Crippen molar-refractivity contribution in [1.82, 2.24) is 0 Å². The Bertz CT molecular complexity index is 954. The number of aromatic carboxylic acids is 1. The minimum atomic E-state index is -4.83. The molecule has 0 amide bonds. The molecule has 2 rings (SSSR count). The van der Waals surface area contributed by atoms with Crippen LogP contribution in [0.15, 0.2) is 47.9 Å². The van der Waals surface area contributed by atoms with Crippen molar-refractivity contribution in [2.24, 2.45) is 0 Å². The third-order valence-electron chi connectivity index (χ3n) is 3.08. The fourth-order valence-corrected chi connectivity index (χ4v) is 2.89. The third kappa shape index (κ3) is 5.50. The predicted octanol–water partition coefficient (Wildman–Crippen LogP) is 4.47. The largest absolute Gasteiger partial charge is 0.478 e. The van der Waals surface area contributed by atoms with Crippen LogP contribution in [0.1, 0.15) is 21.5 Å². The minimum Gasteiger partial charge on any atom is -0.478 e. The lowest BCUT2D eigenvalue weighted by atomic mass is 10.1. The second kappa shape index (κ2) is 7.38. The van der Waals surface area contributed by atoms with E-state index in [9.17, 15) is 26.4 Å². The lowest BCUT2D eigenvalue weighted by Gasteiger charge is -2.11. The zero-order valence-corrected chi connectivity index (χ0v) is 14.4. The molecule has 2 aromatic carbocycles. The molecule has 0 unspecified atom stereocenters. The van der Waals surface area contributed by atoms with Gasteiger partial charge < -0.3 is 5.11 Å². The third-order valence-corrected chi connectivity index (χ3v) is 4.34. The van der Waals surface area contributed by atoms with Crippen LogP contribution in [0, 0.1) is 0 Å². The molecule has 0 fully saturated rings. The molecule has 0 spiro atoms. The van der Waals surface area contributed by atoms with Crippen molar-refractivity contribution >= 4 is 39.4 Å². The van der Waals surface area contributed by atoms with Crippen molar-refractivity contribution in [3.63, 3.8) is 0 Å². The maximum absolute atomic E-state index is 12.9. The number of hydrogen-bond acceptors (Lipinski definition) is 3. The molecular weight excluding hydrogens is 395 g/mol. The number of sulfonamides is 1. The smallest absolute Gasteiger partial charge is 0.416 e. The Balaban J connectivity index is 2.32. The molecule has 5 nitrogen and oxygen atoms in total. The van der Waals surface area contributed by atoms with Crippen LogP contribution in [-0.4, -0.2) is 19.5 Å². The van der Waals surface area contributed by atoms with E-state index in [2.05, 4.69) is 0 Å². The standard InChI is InChI=1S/C16H11ClF3NO4S/c17-13-3-1-10(2-4-13)5-6-26(24,25)21-14-8-11(15(22)23)7-12(9-14)16(18,19)20/h1-9,21H,(H,22,23). The molecule has 0 heterocycles. The van der Waals surface area contributed by atoms with Crippen LogP contribution in [0.25, 0.3) is 6.08 Å². The Morgan fingerprint density at radius 3 is 2.27 bits per heavy atom. The first kappa shape index (κ1) is 19.8. The summed E-state index contributed by atoms with van der Waals surface area (Å²) in [5.41, 5.74) is -2.00. The number of rotatable bonds is 5. The Kier molecular flexibility index (Phi) is 5.62. The van der Waals surface area contributed by atoms with Crippen molar-refractivity contribution in [3.05, 3.63) is 69.6 Å². The molecule has 0 bridgehead atoms. The van der Waals surface area contributed by atoms with Crippen LogP contribution in [-0.2, 0) is 16.2 Å². The van der Waals surface area contributed by atoms with Crippen molar-refractivity contribution < 1.29 is 31.5 Å². The highest BCUT2D eigenvalue weighted by Gasteiger charge is 2.32. The van der Waals surface area contributed by atoms with E-state index in [0.29, 0.717) is 22.7 Å². The van der Waals surface area contributed by atoms with E-state index in [0.717, 1.165) is 11.5 Å². The Morgan fingerprint density at radius 2 is 1.73 bits per heavy atom. The first-order chi connectivity index (χ1) is 12.0. The van der Waals surface area contributed by atoms with Gasteiger partial charge in [-0.05, 0) is 42.0 Å². The van der Waals surface area contributed by atoms with E-state index >= 15 is 0 Å². The fourth-order valence-electron chi connectivity index (χ4n) is 1.91. The van der Waals surface area contributed by atoms with Crippen LogP contribution >= 0.6 is 11.6 Å². The maximum atomic E-state index is 12.9. The summed E-state index contributed by atoms with van der Waals surface area (Å²) in [5, 5.41) is 10.1. The number of carboxylic acid groups (broad SMARTS) is 1. The number of hydrogen-bond donors (Lipinski definition) is 2. The van der Waals surface area contributed by atoms with Crippen LogP contribution in [0.3, 0.4) is 0 Å². The minimum absolute atomic E-state index is 0.420. The normalized spacial score (nSPS) is 12.3. The number of benzene rings is 2.